The van der Waals surface area contributed by atoms with Crippen LogP contribution in [0, 0.1) is 0 Å². The molecule has 3 heterocycles. The van der Waals surface area contributed by atoms with Crippen LogP contribution in [-0.2, 0) is 0 Å². The molecule has 134 valence electrons. The summed E-state index contributed by atoms with van der Waals surface area (Å²) in [6, 6.07) is 0.747. The van der Waals surface area contributed by atoms with Crippen LogP contribution in [0.4, 0.5) is 0 Å². The minimum Gasteiger partial charge on any atom is -0.377 e. The molecule has 3 saturated heterocycles. The number of likely N-dealkylation sites (tertiary alicyclic amines) is 3. The molecule has 0 amide bonds. The lowest BCUT2D eigenvalue weighted by atomic mass is 9.97. The monoisotopic (exact) mass is 323 g/mol. The fraction of sp³-hybridized carbons (Fsp3) is 1.00. The summed E-state index contributed by atoms with van der Waals surface area (Å²) in [6.45, 7) is 9.33. The van der Waals surface area contributed by atoms with Crippen molar-refractivity contribution in [1.82, 2.24) is 14.7 Å². The number of rotatable bonds is 5. The van der Waals surface area contributed by atoms with Gasteiger partial charge >= 0.3 is 0 Å². The molecule has 0 aromatic heterocycles. The predicted octanol–water partition coefficient (Wildman–Crippen LogP) is 2.52. The Hall–Kier alpha value is -0.160. The van der Waals surface area contributed by atoms with Gasteiger partial charge in [-0.15, -0.1) is 0 Å². The lowest BCUT2D eigenvalue weighted by molar-refractivity contribution is -0.0972. The molecule has 3 aliphatic rings. The zero-order valence-electron chi connectivity index (χ0n) is 15.1. The van der Waals surface area contributed by atoms with E-state index in [9.17, 15) is 5.11 Å². The number of piperidine rings is 3. The van der Waals surface area contributed by atoms with E-state index in [2.05, 4.69) is 21.6 Å². The van der Waals surface area contributed by atoms with Crippen LogP contribution in [0.3, 0.4) is 0 Å². The third-order valence-corrected chi connectivity index (χ3v) is 6.34. The van der Waals surface area contributed by atoms with E-state index in [0.29, 0.717) is 6.04 Å². The van der Waals surface area contributed by atoms with Crippen LogP contribution in [0.2, 0.25) is 0 Å². The normalized spacial score (nSPS) is 30.0. The van der Waals surface area contributed by atoms with Gasteiger partial charge < -0.3 is 5.11 Å². The summed E-state index contributed by atoms with van der Waals surface area (Å²) >= 11 is 0. The van der Waals surface area contributed by atoms with Crippen LogP contribution in [0.5, 0.6) is 0 Å². The molecule has 0 bridgehead atoms. The highest BCUT2D eigenvalue weighted by atomic mass is 16.3. The van der Waals surface area contributed by atoms with E-state index in [-0.39, 0.29) is 12.3 Å². The molecule has 0 aliphatic carbocycles. The van der Waals surface area contributed by atoms with Crippen molar-refractivity contribution >= 4 is 0 Å². The van der Waals surface area contributed by atoms with Crippen LogP contribution >= 0.6 is 0 Å². The van der Waals surface area contributed by atoms with E-state index < -0.39 is 0 Å². The van der Waals surface area contributed by atoms with Gasteiger partial charge in [0.1, 0.15) is 6.23 Å². The van der Waals surface area contributed by atoms with E-state index >= 15 is 0 Å². The Balaban J connectivity index is 1.71. The third kappa shape index (κ3) is 4.47. The van der Waals surface area contributed by atoms with Crippen molar-refractivity contribution in [2.75, 3.05) is 39.3 Å². The molecule has 4 nitrogen and oxygen atoms in total. The van der Waals surface area contributed by atoms with Gasteiger partial charge in [-0.2, -0.15) is 0 Å². The Labute approximate surface area is 142 Å². The Morgan fingerprint density at radius 1 is 0.565 bits per heavy atom. The summed E-state index contributed by atoms with van der Waals surface area (Å²) in [4.78, 5) is 7.63. The third-order valence-electron chi connectivity index (χ3n) is 6.34. The van der Waals surface area contributed by atoms with Crippen molar-refractivity contribution in [3.05, 3.63) is 0 Å². The average molecular weight is 324 g/mol. The van der Waals surface area contributed by atoms with Crippen LogP contribution in [0.1, 0.15) is 64.7 Å². The van der Waals surface area contributed by atoms with E-state index in [1.165, 1.54) is 84.0 Å². The number of aliphatic hydroxyl groups excluding tert-OH is 1. The van der Waals surface area contributed by atoms with Crippen molar-refractivity contribution < 1.29 is 5.11 Å². The molecular formula is C19H37N3O. The zero-order valence-corrected chi connectivity index (χ0v) is 15.1. The van der Waals surface area contributed by atoms with Gasteiger partial charge in [-0.05, 0) is 71.6 Å². The molecule has 3 atom stereocenters. The first-order chi connectivity index (χ1) is 11.3. The number of hydrogen-bond donors (Lipinski definition) is 1. The summed E-state index contributed by atoms with van der Waals surface area (Å²) in [5, 5.41) is 11.2. The number of nitrogens with zero attached hydrogens (tertiary/aromatic N) is 3. The molecule has 3 aliphatic heterocycles. The molecule has 4 heteroatoms. The fourth-order valence-electron chi connectivity index (χ4n) is 4.90. The van der Waals surface area contributed by atoms with Gasteiger partial charge in [-0.25, -0.2) is 0 Å². The molecule has 23 heavy (non-hydrogen) atoms. The summed E-state index contributed by atoms with van der Waals surface area (Å²) in [6.07, 6.45) is 11.6. The Bertz CT molecular complexity index is 310. The molecule has 0 radical (unpaired) electrons. The van der Waals surface area contributed by atoms with Gasteiger partial charge in [0.05, 0.1) is 6.04 Å². The van der Waals surface area contributed by atoms with E-state index in [1.54, 1.807) is 0 Å². The SMILES string of the molecule is CC(C(C(O)N1CCCCC1)N1CCCCC1)N1CCCCC1. The quantitative estimate of drug-likeness (QED) is 0.842. The molecule has 0 aromatic carbocycles. The van der Waals surface area contributed by atoms with Crippen molar-refractivity contribution in [2.45, 2.75) is 83.0 Å². The van der Waals surface area contributed by atoms with E-state index in [0.717, 1.165) is 13.1 Å². The molecule has 3 unspecified atom stereocenters. The summed E-state index contributed by atoms with van der Waals surface area (Å²) in [7, 11) is 0. The van der Waals surface area contributed by atoms with Crippen molar-refractivity contribution in [3.63, 3.8) is 0 Å². The number of hydrogen-bond acceptors (Lipinski definition) is 4. The average Bonchev–Trinajstić information content (AvgIpc) is 2.64. The second-order valence-corrected chi connectivity index (χ2v) is 7.93. The fourth-order valence-corrected chi connectivity index (χ4v) is 4.90. The van der Waals surface area contributed by atoms with Gasteiger partial charge in [0.25, 0.3) is 0 Å². The standard InChI is InChI=1S/C19H37N3O/c1-17(20-11-5-2-6-12-20)18(21-13-7-3-8-14-21)19(23)22-15-9-4-10-16-22/h17-19,23H,2-16H2,1H3. The van der Waals surface area contributed by atoms with Crippen LogP contribution in [0.25, 0.3) is 0 Å². The van der Waals surface area contributed by atoms with Gasteiger partial charge in [0, 0.05) is 19.1 Å². The molecule has 3 rings (SSSR count). The summed E-state index contributed by atoms with van der Waals surface area (Å²) in [5.74, 6) is 0. The Morgan fingerprint density at radius 3 is 1.43 bits per heavy atom. The molecule has 0 aromatic rings. The zero-order chi connectivity index (χ0) is 16.1. The highest BCUT2D eigenvalue weighted by Gasteiger charge is 2.38. The van der Waals surface area contributed by atoms with Gasteiger partial charge in [-0.3, -0.25) is 14.7 Å². The van der Waals surface area contributed by atoms with Crippen molar-refractivity contribution in [1.29, 1.82) is 0 Å². The largest absolute Gasteiger partial charge is 0.377 e. The Kier molecular flexibility index (Phi) is 6.75. The smallest absolute Gasteiger partial charge is 0.124 e. The van der Waals surface area contributed by atoms with Crippen LogP contribution < -0.4 is 0 Å². The maximum atomic E-state index is 11.2. The maximum absolute atomic E-state index is 11.2. The first kappa shape index (κ1) is 17.7. The lowest BCUT2D eigenvalue weighted by Crippen LogP contribution is -2.62. The lowest BCUT2D eigenvalue weighted by Gasteiger charge is -2.48. The highest BCUT2D eigenvalue weighted by molar-refractivity contribution is 4.91. The van der Waals surface area contributed by atoms with Crippen molar-refractivity contribution in [3.8, 4) is 0 Å². The minimum absolute atomic E-state index is 0.284. The first-order valence-corrected chi connectivity index (χ1v) is 10.2. The van der Waals surface area contributed by atoms with Gasteiger partial charge in [-0.1, -0.05) is 19.3 Å². The van der Waals surface area contributed by atoms with Crippen LogP contribution in [0.15, 0.2) is 0 Å². The maximum Gasteiger partial charge on any atom is 0.124 e. The predicted molar refractivity (Wildman–Crippen MR) is 95.5 cm³/mol. The molecule has 0 spiro atoms. The molecule has 1 N–H and O–H groups in total. The summed E-state index contributed by atoms with van der Waals surface area (Å²) < 4.78 is 0. The molecule has 0 saturated carbocycles. The molecule has 3 fully saturated rings. The minimum atomic E-state index is -0.287. The topological polar surface area (TPSA) is 30.0 Å². The number of aliphatic hydroxyl groups is 1. The molecular weight excluding hydrogens is 286 g/mol. The second kappa shape index (κ2) is 8.80. The summed E-state index contributed by atoms with van der Waals surface area (Å²) in [5.41, 5.74) is 0. The van der Waals surface area contributed by atoms with E-state index in [4.69, 9.17) is 0 Å². The van der Waals surface area contributed by atoms with Crippen molar-refractivity contribution in [2.24, 2.45) is 0 Å². The highest BCUT2D eigenvalue weighted by Crippen LogP contribution is 2.25. The van der Waals surface area contributed by atoms with Crippen LogP contribution in [-0.4, -0.2) is 77.4 Å². The van der Waals surface area contributed by atoms with E-state index in [1.807, 2.05) is 0 Å². The Morgan fingerprint density at radius 2 is 0.957 bits per heavy atom. The first-order valence-electron chi connectivity index (χ1n) is 10.2. The van der Waals surface area contributed by atoms with Gasteiger partial charge in [0.2, 0.25) is 0 Å². The van der Waals surface area contributed by atoms with Gasteiger partial charge in [0.15, 0.2) is 0 Å². The second-order valence-electron chi connectivity index (χ2n) is 7.93.